The van der Waals surface area contributed by atoms with E-state index in [2.05, 4.69) is 28.8 Å². The summed E-state index contributed by atoms with van der Waals surface area (Å²) in [6.45, 7) is 5.36. The van der Waals surface area contributed by atoms with Gasteiger partial charge in [-0.05, 0) is 18.5 Å². The number of hydrogen-bond donors (Lipinski definition) is 1. The van der Waals surface area contributed by atoms with Crippen LogP contribution in [0.2, 0.25) is 0 Å². The van der Waals surface area contributed by atoms with Gasteiger partial charge in [0, 0.05) is 6.54 Å². The van der Waals surface area contributed by atoms with E-state index in [4.69, 9.17) is 0 Å². The Morgan fingerprint density at radius 1 is 1.35 bits per heavy atom. The highest BCUT2D eigenvalue weighted by Gasteiger charge is 2.02. The van der Waals surface area contributed by atoms with Gasteiger partial charge in [0.2, 0.25) is 0 Å². The molecule has 0 aliphatic rings. The Morgan fingerprint density at radius 2 is 2.06 bits per heavy atom. The lowest BCUT2D eigenvalue weighted by Gasteiger charge is -2.06. The van der Waals surface area contributed by atoms with Crippen molar-refractivity contribution in [3.63, 3.8) is 0 Å². The van der Waals surface area contributed by atoms with Crippen molar-refractivity contribution in [1.82, 2.24) is 5.32 Å². The number of hydrogen-bond acceptors (Lipinski definition) is 3. The predicted octanol–water partition coefficient (Wildman–Crippen LogP) is 1.94. The van der Waals surface area contributed by atoms with Gasteiger partial charge in [-0.15, -0.1) is 0 Å². The molecule has 0 aromatic heterocycles. The predicted molar refractivity (Wildman–Crippen MR) is 68.8 cm³/mol. The van der Waals surface area contributed by atoms with E-state index in [-0.39, 0.29) is 12.4 Å². The molecule has 0 atom stereocenters. The zero-order chi connectivity index (χ0) is 12.5. The smallest absolute Gasteiger partial charge is 0.309 e. The van der Waals surface area contributed by atoms with Crippen molar-refractivity contribution in [1.29, 1.82) is 0 Å². The summed E-state index contributed by atoms with van der Waals surface area (Å²) in [4.78, 5) is 11.0. The van der Waals surface area contributed by atoms with Crippen LogP contribution < -0.4 is 5.32 Å². The Labute approximate surface area is 102 Å². The van der Waals surface area contributed by atoms with Crippen molar-refractivity contribution in [2.75, 3.05) is 20.2 Å². The Bertz CT molecular complexity index is 360. The number of carbonyl (C=O) groups is 1. The van der Waals surface area contributed by atoms with Crippen LogP contribution >= 0.6 is 0 Å². The molecule has 0 fully saturated rings. The SMILES string of the molecule is C=C(CNCCc1ccccc1)CC(=O)OC. The van der Waals surface area contributed by atoms with E-state index < -0.39 is 0 Å². The van der Waals surface area contributed by atoms with E-state index in [0.717, 1.165) is 18.5 Å². The van der Waals surface area contributed by atoms with Gasteiger partial charge >= 0.3 is 5.97 Å². The van der Waals surface area contributed by atoms with Crippen molar-refractivity contribution in [2.24, 2.45) is 0 Å². The lowest BCUT2D eigenvalue weighted by molar-refractivity contribution is -0.139. The van der Waals surface area contributed by atoms with Gasteiger partial charge in [-0.1, -0.05) is 42.5 Å². The first-order valence-corrected chi connectivity index (χ1v) is 5.70. The molecule has 0 radical (unpaired) electrons. The second-order valence-electron chi connectivity index (χ2n) is 3.92. The van der Waals surface area contributed by atoms with Crippen molar-refractivity contribution < 1.29 is 9.53 Å². The van der Waals surface area contributed by atoms with Crippen molar-refractivity contribution in [3.8, 4) is 0 Å². The Morgan fingerprint density at radius 3 is 2.71 bits per heavy atom. The van der Waals surface area contributed by atoms with E-state index in [1.54, 1.807) is 0 Å². The molecule has 1 N–H and O–H groups in total. The van der Waals surface area contributed by atoms with Crippen molar-refractivity contribution in [2.45, 2.75) is 12.8 Å². The van der Waals surface area contributed by atoms with Crippen LogP contribution in [-0.2, 0) is 16.0 Å². The first-order chi connectivity index (χ1) is 8.22. The van der Waals surface area contributed by atoms with Crippen LogP contribution in [0.15, 0.2) is 42.5 Å². The molecule has 0 heterocycles. The summed E-state index contributed by atoms with van der Waals surface area (Å²) in [5.41, 5.74) is 2.16. The number of nitrogens with one attached hydrogen (secondary N) is 1. The molecule has 3 nitrogen and oxygen atoms in total. The van der Waals surface area contributed by atoms with Gasteiger partial charge in [-0.2, -0.15) is 0 Å². The highest BCUT2D eigenvalue weighted by Crippen LogP contribution is 2.00. The molecule has 1 aromatic carbocycles. The first kappa shape index (κ1) is 13.5. The molecule has 17 heavy (non-hydrogen) atoms. The summed E-state index contributed by atoms with van der Waals surface area (Å²) in [6.07, 6.45) is 1.27. The average molecular weight is 233 g/mol. The number of ether oxygens (including phenoxy) is 1. The number of methoxy groups -OCH3 is 1. The number of benzene rings is 1. The van der Waals surface area contributed by atoms with Gasteiger partial charge in [0.1, 0.15) is 0 Å². The van der Waals surface area contributed by atoms with Gasteiger partial charge in [0.15, 0.2) is 0 Å². The summed E-state index contributed by atoms with van der Waals surface area (Å²) in [5.74, 6) is -0.236. The summed E-state index contributed by atoms with van der Waals surface area (Å²) in [5, 5.41) is 3.26. The molecule has 92 valence electrons. The highest BCUT2D eigenvalue weighted by molar-refractivity contribution is 5.72. The Balaban J connectivity index is 2.12. The summed E-state index contributed by atoms with van der Waals surface area (Å²) < 4.78 is 4.57. The van der Waals surface area contributed by atoms with Gasteiger partial charge in [0.25, 0.3) is 0 Å². The topological polar surface area (TPSA) is 38.3 Å². The molecule has 0 saturated carbocycles. The molecule has 0 aliphatic carbocycles. The second-order valence-corrected chi connectivity index (χ2v) is 3.92. The van der Waals surface area contributed by atoms with Crippen LogP contribution in [-0.4, -0.2) is 26.2 Å². The fourth-order valence-corrected chi connectivity index (χ4v) is 1.48. The van der Waals surface area contributed by atoms with Crippen LogP contribution in [0.25, 0.3) is 0 Å². The monoisotopic (exact) mass is 233 g/mol. The van der Waals surface area contributed by atoms with Crippen molar-refractivity contribution >= 4 is 5.97 Å². The molecular formula is C14H19NO2. The molecule has 0 saturated heterocycles. The van der Waals surface area contributed by atoms with E-state index >= 15 is 0 Å². The lowest BCUT2D eigenvalue weighted by Crippen LogP contribution is -2.21. The van der Waals surface area contributed by atoms with Crippen LogP contribution in [0.5, 0.6) is 0 Å². The Hall–Kier alpha value is -1.61. The molecule has 0 unspecified atom stereocenters. The zero-order valence-corrected chi connectivity index (χ0v) is 10.2. The van der Waals surface area contributed by atoms with Crippen molar-refractivity contribution in [3.05, 3.63) is 48.0 Å². The quantitative estimate of drug-likeness (QED) is 0.444. The van der Waals surface area contributed by atoms with Crippen LogP contribution in [0.1, 0.15) is 12.0 Å². The molecule has 0 amide bonds. The maximum absolute atomic E-state index is 11.0. The van der Waals surface area contributed by atoms with Crippen LogP contribution in [0, 0.1) is 0 Å². The third-order valence-electron chi connectivity index (χ3n) is 2.43. The molecule has 0 spiro atoms. The minimum Gasteiger partial charge on any atom is -0.469 e. The fraction of sp³-hybridized carbons (Fsp3) is 0.357. The molecule has 0 aliphatic heterocycles. The fourth-order valence-electron chi connectivity index (χ4n) is 1.48. The van der Waals surface area contributed by atoms with Gasteiger partial charge < -0.3 is 10.1 Å². The summed E-state index contributed by atoms with van der Waals surface area (Å²) in [7, 11) is 1.39. The molecule has 0 bridgehead atoms. The first-order valence-electron chi connectivity index (χ1n) is 5.70. The van der Waals surface area contributed by atoms with E-state index in [9.17, 15) is 4.79 Å². The zero-order valence-electron chi connectivity index (χ0n) is 10.2. The number of esters is 1. The number of rotatable bonds is 7. The van der Waals surface area contributed by atoms with E-state index in [1.807, 2.05) is 18.2 Å². The van der Waals surface area contributed by atoms with Gasteiger partial charge in [-0.25, -0.2) is 0 Å². The third-order valence-corrected chi connectivity index (χ3v) is 2.43. The van der Waals surface area contributed by atoms with Crippen LogP contribution in [0.4, 0.5) is 0 Å². The normalized spacial score (nSPS) is 9.94. The lowest BCUT2D eigenvalue weighted by atomic mass is 10.1. The Kier molecular flexibility index (Phi) is 6.04. The largest absolute Gasteiger partial charge is 0.469 e. The molecule has 1 rings (SSSR count). The summed E-state index contributed by atoms with van der Waals surface area (Å²) in [6, 6.07) is 10.3. The molecule has 1 aromatic rings. The minimum atomic E-state index is -0.236. The number of carbonyl (C=O) groups excluding carboxylic acids is 1. The second kappa shape index (κ2) is 7.63. The van der Waals surface area contributed by atoms with Gasteiger partial charge in [0.05, 0.1) is 13.5 Å². The average Bonchev–Trinajstić information content (AvgIpc) is 2.36. The summed E-state index contributed by atoms with van der Waals surface area (Å²) >= 11 is 0. The maximum atomic E-state index is 11.0. The van der Waals surface area contributed by atoms with E-state index in [1.165, 1.54) is 12.7 Å². The highest BCUT2D eigenvalue weighted by atomic mass is 16.5. The van der Waals surface area contributed by atoms with Crippen LogP contribution in [0.3, 0.4) is 0 Å². The van der Waals surface area contributed by atoms with Gasteiger partial charge in [-0.3, -0.25) is 4.79 Å². The minimum absolute atomic E-state index is 0.236. The molecule has 3 heteroatoms. The third kappa shape index (κ3) is 5.88. The molecular weight excluding hydrogens is 214 g/mol. The van der Waals surface area contributed by atoms with E-state index in [0.29, 0.717) is 6.54 Å². The standard InChI is InChI=1S/C14H19NO2/c1-12(10-14(16)17-2)11-15-9-8-13-6-4-3-5-7-13/h3-7,15H,1,8-11H2,2H3. The maximum Gasteiger partial charge on any atom is 0.309 e.